The summed E-state index contributed by atoms with van der Waals surface area (Å²) in [7, 11) is 0. The van der Waals surface area contributed by atoms with E-state index in [4.69, 9.17) is 5.73 Å². The molecule has 0 radical (unpaired) electrons. The van der Waals surface area contributed by atoms with Gasteiger partial charge in [-0.25, -0.2) is 0 Å². The van der Waals surface area contributed by atoms with Crippen LogP contribution in [0.3, 0.4) is 0 Å². The van der Waals surface area contributed by atoms with Crippen molar-refractivity contribution in [3.8, 4) is 0 Å². The lowest BCUT2D eigenvalue weighted by molar-refractivity contribution is 0.139. The van der Waals surface area contributed by atoms with Gasteiger partial charge in [0, 0.05) is 5.92 Å². The molecule has 4 N–H and O–H groups in total. The molecule has 0 saturated heterocycles. The molecule has 0 aromatic heterocycles. The summed E-state index contributed by atoms with van der Waals surface area (Å²) in [6, 6.07) is 0. The minimum absolute atomic E-state index is 0.223. The first kappa shape index (κ1) is 18.7. The van der Waals surface area contributed by atoms with Gasteiger partial charge in [0.2, 0.25) is 0 Å². The van der Waals surface area contributed by atoms with Crippen LogP contribution in [0.2, 0.25) is 0 Å². The van der Waals surface area contributed by atoms with Gasteiger partial charge >= 0.3 is 0 Å². The summed E-state index contributed by atoms with van der Waals surface area (Å²) < 4.78 is 0. The van der Waals surface area contributed by atoms with E-state index in [1.165, 1.54) is 12.8 Å². The second-order valence-corrected chi connectivity index (χ2v) is 7.45. The molecule has 2 aliphatic carbocycles. The van der Waals surface area contributed by atoms with Crippen molar-refractivity contribution < 1.29 is 10.2 Å². The number of aliphatic hydroxyl groups excluding tert-OH is 2. The number of allylic oxidation sites excluding steroid dienone is 2. The monoisotopic (exact) mass is 321 g/mol. The zero-order chi connectivity index (χ0) is 16.7. The molecule has 3 nitrogen and oxygen atoms in total. The second-order valence-electron chi connectivity index (χ2n) is 7.45. The van der Waals surface area contributed by atoms with Gasteiger partial charge in [-0.05, 0) is 56.9 Å². The standard InChI is InChI=1S/C20H35NO2/c1-2-3-4-8-17(22)9-10-18-19-13-15(7-5-6-11-21)12-16(19)14-20(18)23/h7,9-10,16-20,22-23H,2-6,8,11-14,21H2,1H3/b10-9+,15-7?/t16-,17-,18+,19-,20+/m0/s1. The van der Waals surface area contributed by atoms with Crippen LogP contribution in [0.25, 0.3) is 0 Å². The van der Waals surface area contributed by atoms with E-state index >= 15 is 0 Å². The highest BCUT2D eigenvalue weighted by atomic mass is 16.3. The Hall–Kier alpha value is -0.640. The van der Waals surface area contributed by atoms with Crippen molar-refractivity contribution in [3.05, 3.63) is 23.8 Å². The van der Waals surface area contributed by atoms with Gasteiger partial charge in [-0.1, -0.05) is 50.0 Å². The average molecular weight is 322 g/mol. The van der Waals surface area contributed by atoms with Crippen molar-refractivity contribution in [2.45, 2.75) is 76.9 Å². The Morgan fingerprint density at radius 3 is 2.83 bits per heavy atom. The van der Waals surface area contributed by atoms with Gasteiger partial charge in [0.1, 0.15) is 0 Å². The molecule has 2 aliphatic rings. The van der Waals surface area contributed by atoms with E-state index in [1.807, 2.05) is 6.08 Å². The maximum Gasteiger partial charge on any atom is 0.0721 e. The Balaban J connectivity index is 1.85. The van der Waals surface area contributed by atoms with Crippen LogP contribution in [-0.4, -0.2) is 29.0 Å². The van der Waals surface area contributed by atoms with E-state index in [1.54, 1.807) is 5.57 Å². The highest BCUT2D eigenvalue weighted by molar-refractivity contribution is 5.17. The zero-order valence-electron chi connectivity index (χ0n) is 14.7. The summed E-state index contributed by atoms with van der Waals surface area (Å²) in [5, 5.41) is 20.4. The maximum absolute atomic E-state index is 10.4. The normalized spacial score (nSPS) is 33.7. The van der Waals surface area contributed by atoms with Gasteiger partial charge in [-0.15, -0.1) is 0 Å². The highest BCUT2D eigenvalue weighted by Crippen LogP contribution is 2.50. The lowest BCUT2D eigenvalue weighted by Crippen LogP contribution is -2.17. The molecule has 3 heteroatoms. The Morgan fingerprint density at radius 2 is 2.09 bits per heavy atom. The molecule has 2 saturated carbocycles. The number of unbranched alkanes of at least 4 members (excludes halogenated alkanes) is 3. The number of aliphatic hydroxyl groups is 2. The van der Waals surface area contributed by atoms with Gasteiger partial charge in [0.25, 0.3) is 0 Å². The molecule has 0 amide bonds. The molecule has 5 atom stereocenters. The van der Waals surface area contributed by atoms with Crippen molar-refractivity contribution in [3.63, 3.8) is 0 Å². The number of hydrogen-bond donors (Lipinski definition) is 3. The molecule has 0 aliphatic heterocycles. The Bertz CT molecular complexity index is 404. The topological polar surface area (TPSA) is 66.5 Å². The summed E-state index contributed by atoms with van der Waals surface area (Å²) in [4.78, 5) is 0. The molecule has 0 aromatic rings. The Morgan fingerprint density at radius 1 is 1.26 bits per heavy atom. The van der Waals surface area contributed by atoms with Gasteiger partial charge in [0.05, 0.1) is 12.2 Å². The highest BCUT2D eigenvalue weighted by Gasteiger charge is 2.44. The zero-order valence-corrected chi connectivity index (χ0v) is 14.7. The van der Waals surface area contributed by atoms with Crippen LogP contribution < -0.4 is 5.73 Å². The summed E-state index contributed by atoms with van der Waals surface area (Å²) >= 11 is 0. The molecule has 0 heterocycles. The predicted octanol–water partition coefficient (Wildman–Crippen LogP) is 3.56. The fourth-order valence-corrected chi connectivity index (χ4v) is 4.32. The van der Waals surface area contributed by atoms with Gasteiger partial charge in [-0.3, -0.25) is 0 Å². The van der Waals surface area contributed by atoms with E-state index in [2.05, 4.69) is 19.1 Å². The summed E-state index contributed by atoms with van der Waals surface area (Å²) in [5.41, 5.74) is 7.12. The van der Waals surface area contributed by atoms with Crippen LogP contribution in [0.4, 0.5) is 0 Å². The second kappa shape index (κ2) is 9.61. The van der Waals surface area contributed by atoms with E-state index in [9.17, 15) is 10.2 Å². The van der Waals surface area contributed by atoms with E-state index in [-0.39, 0.29) is 18.1 Å². The quantitative estimate of drug-likeness (QED) is 0.449. The Labute approximate surface area is 141 Å². The Kier molecular flexibility index (Phi) is 7.81. The molecule has 132 valence electrons. The predicted molar refractivity (Wildman–Crippen MR) is 96.0 cm³/mol. The van der Waals surface area contributed by atoms with Crippen LogP contribution in [0.1, 0.15) is 64.7 Å². The van der Waals surface area contributed by atoms with Crippen molar-refractivity contribution in [1.82, 2.24) is 0 Å². The summed E-state index contributed by atoms with van der Waals surface area (Å²) in [6.07, 6.45) is 15.4. The average Bonchev–Trinajstić information content (AvgIpc) is 3.02. The third-order valence-corrected chi connectivity index (χ3v) is 5.61. The fourth-order valence-electron chi connectivity index (χ4n) is 4.32. The lowest BCUT2D eigenvalue weighted by atomic mass is 9.90. The molecule has 0 bridgehead atoms. The first-order valence-electron chi connectivity index (χ1n) is 9.58. The molecule has 0 unspecified atom stereocenters. The molecule has 0 aromatic carbocycles. The minimum Gasteiger partial charge on any atom is -0.392 e. The number of fused-ring (bicyclic) bond motifs is 1. The van der Waals surface area contributed by atoms with Gasteiger partial charge < -0.3 is 15.9 Å². The van der Waals surface area contributed by atoms with Gasteiger partial charge in [0.15, 0.2) is 0 Å². The van der Waals surface area contributed by atoms with E-state index < -0.39 is 0 Å². The maximum atomic E-state index is 10.4. The molecule has 2 rings (SSSR count). The largest absolute Gasteiger partial charge is 0.392 e. The van der Waals surface area contributed by atoms with Crippen LogP contribution in [0, 0.1) is 17.8 Å². The first-order chi connectivity index (χ1) is 11.2. The molecule has 0 spiro atoms. The molecular formula is C20H35NO2. The van der Waals surface area contributed by atoms with Crippen molar-refractivity contribution >= 4 is 0 Å². The van der Waals surface area contributed by atoms with Crippen LogP contribution >= 0.6 is 0 Å². The summed E-state index contributed by atoms with van der Waals surface area (Å²) in [6.45, 7) is 2.94. The third kappa shape index (κ3) is 5.44. The van der Waals surface area contributed by atoms with Crippen molar-refractivity contribution in [2.24, 2.45) is 23.5 Å². The fraction of sp³-hybridized carbons (Fsp3) is 0.800. The SMILES string of the molecule is CCCCC[C@H](O)/C=C/[C@@H]1[C@H]2CC(=CCCCN)C[C@H]2C[C@H]1O. The van der Waals surface area contributed by atoms with Gasteiger partial charge in [-0.2, -0.15) is 0 Å². The van der Waals surface area contributed by atoms with Crippen LogP contribution in [-0.2, 0) is 0 Å². The molecule has 2 fully saturated rings. The van der Waals surface area contributed by atoms with E-state index in [0.29, 0.717) is 11.8 Å². The van der Waals surface area contributed by atoms with Crippen molar-refractivity contribution in [1.29, 1.82) is 0 Å². The van der Waals surface area contributed by atoms with Crippen molar-refractivity contribution in [2.75, 3.05) is 6.54 Å². The lowest BCUT2D eigenvalue weighted by Gasteiger charge is -2.17. The number of rotatable bonds is 9. The third-order valence-electron chi connectivity index (χ3n) is 5.61. The smallest absolute Gasteiger partial charge is 0.0721 e. The number of nitrogens with two attached hydrogens (primary N) is 1. The molecular weight excluding hydrogens is 286 g/mol. The van der Waals surface area contributed by atoms with Crippen LogP contribution in [0.5, 0.6) is 0 Å². The molecule has 23 heavy (non-hydrogen) atoms. The van der Waals surface area contributed by atoms with Crippen LogP contribution in [0.15, 0.2) is 23.8 Å². The first-order valence-corrected chi connectivity index (χ1v) is 9.58. The minimum atomic E-state index is -0.353. The van der Waals surface area contributed by atoms with E-state index in [0.717, 1.165) is 51.5 Å². The number of hydrogen-bond acceptors (Lipinski definition) is 3. The summed E-state index contributed by atoms with van der Waals surface area (Å²) in [5.74, 6) is 1.41.